The molecular formula is C18H19ClF2N2O2. The molecule has 1 amide bonds. The first-order chi connectivity index (χ1) is 11.8. The number of likely N-dealkylation sites (N-methyl/N-ethyl adjacent to an activating group) is 1. The molecule has 4 nitrogen and oxygen atoms in total. The molecule has 2 aromatic rings. The fourth-order valence-electron chi connectivity index (χ4n) is 2.21. The van der Waals surface area contributed by atoms with Gasteiger partial charge in [-0.2, -0.15) is 8.78 Å². The summed E-state index contributed by atoms with van der Waals surface area (Å²) in [6.07, 6.45) is 0. The molecule has 0 spiro atoms. The van der Waals surface area contributed by atoms with Crippen molar-refractivity contribution in [3.63, 3.8) is 0 Å². The van der Waals surface area contributed by atoms with E-state index < -0.39 is 12.7 Å². The number of amides is 1. The molecule has 1 atom stereocenters. The van der Waals surface area contributed by atoms with Crippen LogP contribution in [-0.4, -0.2) is 30.5 Å². The lowest BCUT2D eigenvalue weighted by Crippen LogP contribution is -2.39. The van der Waals surface area contributed by atoms with Crippen LogP contribution in [0.15, 0.2) is 48.5 Å². The standard InChI is InChI=1S/C18H19ClF2N2O2/c1-12(17(24)22-15-5-3-4-14(19)10-15)23(2)11-13-6-8-16(9-7-13)25-18(20)21/h3-10,12,18H,11H2,1-2H3,(H,22,24). The number of nitrogens with zero attached hydrogens (tertiary/aromatic N) is 1. The first-order valence-corrected chi connectivity index (χ1v) is 8.03. The molecule has 1 N–H and O–H groups in total. The second kappa shape index (κ2) is 8.78. The van der Waals surface area contributed by atoms with Crippen LogP contribution in [0.25, 0.3) is 0 Å². The molecule has 1 unspecified atom stereocenters. The zero-order valence-corrected chi connectivity index (χ0v) is 14.6. The molecule has 0 radical (unpaired) electrons. The number of halogens is 3. The summed E-state index contributed by atoms with van der Waals surface area (Å²) >= 11 is 5.90. The fourth-order valence-corrected chi connectivity index (χ4v) is 2.40. The van der Waals surface area contributed by atoms with Gasteiger partial charge >= 0.3 is 6.61 Å². The lowest BCUT2D eigenvalue weighted by Gasteiger charge is -2.24. The van der Waals surface area contributed by atoms with Crippen molar-refractivity contribution in [3.05, 3.63) is 59.1 Å². The third kappa shape index (κ3) is 5.99. The Labute approximate surface area is 150 Å². The Hall–Kier alpha value is -2.18. The van der Waals surface area contributed by atoms with Crippen molar-refractivity contribution in [2.45, 2.75) is 26.1 Å². The van der Waals surface area contributed by atoms with Crippen LogP contribution in [0.3, 0.4) is 0 Å². The second-order valence-electron chi connectivity index (χ2n) is 5.61. The quantitative estimate of drug-likeness (QED) is 0.787. The average molecular weight is 369 g/mol. The first-order valence-electron chi connectivity index (χ1n) is 7.65. The third-order valence-corrected chi connectivity index (χ3v) is 3.95. The molecule has 25 heavy (non-hydrogen) atoms. The molecule has 2 aromatic carbocycles. The highest BCUT2D eigenvalue weighted by Crippen LogP contribution is 2.18. The number of carbonyl (C=O) groups excluding carboxylic acids is 1. The van der Waals surface area contributed by atoms with Crippen LogP contribution in [0.5, 0.6) is 5.75 Å². The van der Waals surface area contributed by atoms with Gasteiger partial charge < -0.3 is 10.1 Å². The summed E-state index contributed by atoms with van der Waals surface area (Å²) in [6, 6.07) is 12.9. The predicted octanol–water partition coefficient (Wildman–Crippen LogP) is 4.40. The lowest BCUT2D eigenvalue weighted by atomic mass is 10.1. The number of ether oxygens (including phenoxy) is 1. The summed E-state index contributed by atoms with van der Waals surface area (Å²) in [4.78, 5) is 14.2. The zero-order chi connectivity index (χ0) is 18.4. The van der Waals surface area contributed by atoms with E-state index in [1.165, 1.54) is 12.1 Å². The summed E-state index contributed by atoms with van der Waals surface area (Å²) in [6.45, 7) is -0.573. The molecule has 0 fully saturated rings. The van der Waals surface area contributed by atoms with E-state index >= 15 is 0 Å². The number of rotatable bonds is 7. The molecular weight excluding hydrogens is 350 g/mol. The zero-order valence-electron chi connectivity index (χ0n) is 13.9. The van der Waals surface area contributed by atoms with Crippen LogP contribution in [0, 0.1) is 0 Å². The van der Waals surface area contributed by atoms with Gasteiger partial charge in [0.2, 0.25) is 5.91 Å². The van der Waals surface area contributed by atoms with Gasteiger partial charge in [0.1, 0.15) is 5.75 Å². The highest BCUT2D eigenvalue weighted by Gasteiger charge is 2.18. The van der Waals surface area contributed by atoms with Crippen molar-refractivity contribution < 1.29 is 18.3 Å². The van der Waals surface area contributed by atoms with Crippen LogP contribution >= 0.6 is 11.6 Å². The van der Waals surface area contributed by atoms with Gasteiger partial charge in [0.15, 0.2) is 0 Å². The average Bonchev–Trinajstić information content (AvgIpc) is 2.55. The van der Waals surface area contributed by atoms with E-state index in [1.54, 1.807) is 43.3 Å². The van der Waals surface area contributed by atoms with Crippen molar-refractivity contribution in [2.75, 3.05) is 12.4 Å². The normalized spacial score (nSPS) is 12.3. The molecule has 0 saturated carbocycles. The van der Waals surface area contributed by atoms with Crippen LogP contribution in [0.4, 0.5) is 14.5 Å². The first kappa shape index (κ1) is 19.1. The van der Waals surface area contributed by atoms with E-state index in [0.29, 0.717) is 17.3 Å². The van der Waals surface area contributed by atoms with Gasteiger partial charge in [-0.25, -0.2) is 0 Å². The maximum Gasteiger partial charge on any atom is 0.387 e. The van der Waals surface area contributed by atoms with Gasteiger partial charge in [-0.3, -0.25) is 9.69 Å². The Balaban J connectivity index is 1.92. The Morgan fingerprint density at radius 3 is 2.52 bits per heavy atom. The fraction of sp³-hybridized carbons (Fsp3) is 0.278. The van der Waals surface area contributed by atoms with Crippen molar-refractivity contribution in [3.8, 4) is 5.75 Å². The Bertz CT molecular complexity index is 710. The van der Waals surface area contributed by atoms with E-state index in [4.69, 9.17) is 11.6 Å². The largest absolute Gasteiger partial charge is 0.435 e. The molecule has 0 aliphatic rings. The summed E-state index contributed by atoms with van der Waals surface area (Å²) in [5, 5.41) is 3.36. The van der Waals surface area contributed by atoms with Gasteiger partial charge in [-0.1, -0.05) is 29.8 Å². The number of hydrogen-bond acceptors (Lipinski definition) is 3. The highest BCUT2D eigenvalue weighted by atomic mass is 35.5. The van der Waals surface area contributed by atoms with E-state index in [0.717, 1.165) is 5.56 Å². The van der Waals surface area contributed by atoms with Gasteiger partial charge in [0.25, 0.3) is 0 Å². The molecule has 7 heteroatoms. The SMILES string of the molecule is CC(C(=O)Nc1cccc(Cl)c1)N(C)Cc1ccc(OC(F)F)cc1. The highest BCUT2D eigenvalue weighted by molar-refractivity contribution is 6.30. The molecule has 134 valence electrons. The number of hydrogen-bond donors (Lipinski definition) is 1. The molecule has 2 rings (SSSR count). The van der Waals surface area contributed by atoms with Gasteiger partial charge in [-0.05, 0) is 49.9 Å². The van der Waals surface area contributed by atoms with Gasteiger partial charge in [0.05, 0.1) is 6.04 Å². The van der Waals surface area contributed by atoms with Crippen LogP contribution < -0.4 is 10.1 Å². The number of benzene rings is 2. The molecule has 0 heterocycles. The van der Waals surface area contributed by atoms with E-state index in [9.17, 15) is 13.6 Å². The Kier molecular flexibility index (Phi) is 6.73. The molecule has 0 aromatic heterocycles. The number of alkyl halides is 2. The molecule has 0 bridgehead atoms. The topological polar surface area (TPSA) is 41.6 Å². The minimum Gasteiger partial charge on any atom is -0.435 e. The van der Waals surface area contributed by atoms with Crippen LogP contribution in [0.1, 0.15) is 12.5 Å². The van der Waals surface area contributed by atoms with E-state index in [1.807, 2.05) is 11.9 Å². The molecule has 0 saturated heterocycles. The Morgan fingerprint density at radius 2 is 1.92 bits per heavy atom. The van der Waals surface area contributed by atoms with Crippen molar-refractivity contribution in [2.24, 2.45) is 0 Å². The monoisotopic (exact) mass is 368 g/mol. The summed E-state index contributed by atoms with van der Waals surface area (Å²) < 4.78 is 28.6. The predicted molar refractivity (Wildman–Crippen MR) is 94.1 cm³/mol. The van der Waals surface area contributed by atoms with Gasteiger partial charge in [0, 0.05) is 17.3 Å². The van der Waals surface area contributed by atoms with Crippen molar-refractivity contribution in [1.29, 1.82) is 0 Å². The maximum absolute atomic E-state index is 12.3. The summed E-state index contributed by atoms with van der Waals surface area (Å²) in [5.74, 6) is -0.0597. The lowest BCUT2D eigenvalue weighted by molar-refractivity contribution is -0.120. The summed E-state index contributed by atoms with van der Waals surface area (Å²) in [5.41, 5.74) is 1.51. The maximum atomic E-state index is 12.3. The second-order valence-corrected chi connectivity index (χ2v) is 6.05. The van der Waals surface area contributed by atoms with Crippen molar-refractivity contribution >= 4 is 23.2 Å². The van der Waals surface area contributed by atoms with Crippen LogP contribution in [0.2, 0.25) is 5.02 Å². The van der Waals surface area contributed by atoms with Crippen LogP contribution in [-0.2, 0) is 11.3 Å². The number of carbonyl (C=O) groups is 1. The number of anilines is 1. The molecule has 0 aliphatic carbocycles. The minimum absolute atomic E-state index is 0.105. The summed E-state index contributed by atoms with van der Waals surface area (Å²) in [7, 11) is 1.81. The Morgan fingerprint density at radius 1 is 1.24 bits per heavy atom. The minimum atomic E-state index is -2.84. The smallest absolute Gasteiger partial charge is 0.387 e. The van der Waals surface area contributed by atoms with E-state index in [-0.39, 0.29) is 11.7 Å². The number of nitrogens with one attached hydrogen (secondary N) is 1. The van der Waals surface area contributed by atoms with E-state index in [2.05, 4.69) is 10.1 Å². The third-order valence-electron chi connectivity index (χ3n) is 3.71. The van der Waals surface area contributed by atoms with Gasteiger partial charge in [-0.15, -0.1) is 0 Å². The molecule has 0 aliphatic heterocycles. The van der Waals surface area contributed by atoms with Crippen molar-refractivity contribution in [1.82, 2.24) is 4.90 Å².